The average molecular weight is 1280 g/mol. The molecule has 0 heterocycles. The van der Waals surface area contributed by atoms with Gasteiger partial charge in [0.1, 0.15) is 26.4 Å². The van der Waals surface area contributed by atoms with E-state index in [1.165, 1.54) is 205 Å². The summed E-state index contributed by atoms with van der Waals surface area (Å²) in [6, 6.07) is 0. The molecular formula is C79H155N3O8. The van der Waals surface area contributed by atoms with Crippen LogP contribution in [0.4, 0.5) is 0 Å². The molecule has 0 rings (SSSR count). The molecule has 0 aromatic carbocycles. The maximum absolute atomic E-state index is 13.8. The first-order chi connectivity index (χ1) is 44.0. The van der Waals surface area contributed by atoms with Crippen molar-refractivity contribution in [2.45, 2.75) is 376 Å². The van der Waals surface area contributed by atoms with Crippen molar-refractivity contribution in [1.82, 2.24) is 14.7 Å². The van der Waals surface area contributed by atoms with E-state index in [-0.39, 0.29) is 47.5 Å². The Kier molecular flexibility index (Phi) is 66.5. The van der Waals surface area contributed by atoms with Crippen LogP contribution in [-0.2, 0) is 38.1 Å². The Labute approximate surface area is 560 Å². The van der Waals surface area contributed by atoms with Gasteiger partial charge in [0.05, 0.1) is 23.7 Å². The minimum absolute atomic E-state index is 0.0341. The lowest BCUT2D eigenvalue weighted by molar-refractivity contribution is -0.151. The van der Waals surface area contributed by atoms with Crippen molar-refractivity contribution in [2.75, 3.05) is 85.8 Å². The second kappa shape index (κ2) is 68.2. The van der Waals surface area contributed by atoms with Crippen molar-refractivity contribution in [3.63, 3.8) is 0 Å². The van der Waals surface area contributed by atoms with Gasteiger partial charge in [0.25, 0.3) is 0 Å². The van der Waals surface area contributed by atoms with E-state index >= 15 is 0 Å². The van der Waals surface area contributed by atoms with E-state index < -0.39 is 0 Å². The van der Waals surface area contributed by atoms with Crippen molar-refractivity contribution in [2.24, 2.45) is 23.7 Å². The molecule has 0 fully saturated rings. The van der Waals surface area contributed by atoms with E-state index in [0.29, 0.717) is 52.6 Å². The molecule has 0 aliphatic rings. The van der Waals surface area contributed by atoms with E-state index in [4.69, 9.17) is 18.9 Å². The summed E-state index contributed by atoms with van der Waals surface area (Å²) in [5.41, 5.74) is 0. The first-order valence-electron chi connectivity index (χ1n) is 39.8. The molecule has 0 N–H and O–H groups in total. The van der Waals surface area contributed by atoms with Crippen LogP contribution in [0, 0.1) is 23.7 Å². The van der Waals surface area contributed by atoms with Gasteiger partial charge in [0.15, 0.2) is 0 Å². The van der Waals surface area contributed by atoms with Gasteiger partial charge in [0, 0.05) is 26.2 Å². The molecule has 0 aliphatic carbocycles. The van der Waals surface area contributed by atoms with Crippen molar-refractivity contribution in [3.8, 4) is 0 Å². The van der Waals surface area contributed by atoms with Crippen molar-refractivity contribution < 1.29 is 38.1 Å². The summed E-state index contributed by atoms with van der Waals surface area (Å²) in [5, 5.41) is 0. The molecule has 0 aromatic heterocycles. The van der Waals surface area contributed by atoms with Crippen molar-refractivity contribution >= 4 is 23.9 Å². The highest BCUT2D eigenvalue weighted by molar-refractivity contribution is 5.73. The van der Waals surface area contributed by atoms with E-state index in [1.54, 1.807) is 0 Å². The summed E-state index contributed by atoms with van der Waals surface area (Å²) in [6.07, 6.45) is 57.0. The summed E-state index contributed by atoms with van der Waals surface area (Å²) in [4.78, 5) is 62.2. The number of carbonyl (C=O) groups excluding carboxylic acids is 4. The quantitative estimate of drug-likeness (QED) is 0.0329. The number of rotatable bonds is 72. The van der Waals surface area contributed by atoms with Gasteiger partial charge in [-0.15, -0.1) is 0 Å². The van der Waals surface area contributed by atoms with Gasteiger partial charge in [-0.2, -0.15) is 0 Å². The van der Waals surface area contributed by atoms with Gasteiger partial charge in [-0.05, 0) is 97.4 Å². The number of ether oxygens (including phenoxy) is 4. The maximum atomic E-state index is 13.8. The molecule has 0 saturated heterocycles. The highest BCUT2D eigenvalue weighted by atomic mass is 16.5. The smallest absolute Gasteiger partial charge is 0.308 e. The highest BCUT2D eigenvalue weighted by Gasteiger charge is 2.24. The summed E-state index contributed by atoms with van der Waals surface area (Å²) >= 11 is 0. The fraction of sp³-hybridized carbons (Fsp3) is 0.949. The topological polar surface area (TPSA) is 115 Å². The minimum atomic E-state index is -0.0349. The molecule has 534 valence electrons. The second-order valence-electron chi connectivity index (χ2n) is 27.8. The van der Waals surface area contributed by atoms with Crippen LogP contribution in [0.25, 0.3) is 0 Å². The standard InChI is InChI=1S/C79H155N3O8/c1-10-18-26-34-38-46-56-72(52-42-30-22-14-5)76(83)87-68-64-81(65-69-88-77(84)73(53-43-31-23-15-6)57-47-39-35-27-19-11-2)62-50-60-80(9)61-51-63-82(66-70-89-78(85)74(54-44-32-24-16-7)58-48-40-36-28-20-12-3)67-71-90-79(86)75(55-45-33-25-17-8)59-49-41-37-29-21-13-4/h72-75H,10-71H2,1-9H3. The molecule has 0 saturated carbocycles. The van der Waals surface area contributed by atoms with Crippen LogP contribution < -0.4 is 0 Å². The molecule has 11 nitrogen and oxygen atoms in total. The molecule has 0 aromatic rings. The van der Waals surface area contributed by atoms with Gasteiger partial charge in [0.2, 0.25) is 0 Å². The Bertz CT molecular complexity index is 1340. The lowest BCUT2D eigenvalue weighted by atomic mass is 9.94. The SMILES string of the molecule is CCCCCCCCC(CCCCCC)C(=O)OCCN(CCCN(C)CCCN(CCOC(=O)C(CCCCCC)CCCCCCCC)CCOC(=O)C(CCCCCC)CCCCCCCC)CCOC(=O)C(CCCCCC)CCCCCCCC. The van der Waals surface area contributed by atoms with E-state index in [9.17, 15) is 19.2 Å². The largest absolute Gasteiger partial charge is 0.464 e. The van der Waals surface area contributed by atoms with E-state index in [2.05, 4.69) is 77.1 Å². The lowest BCUT2D eigenvalue weighted by Crippen LogP contribution is -2.36. The zero-order valence-corrected chi connectivity index (χ0v) is 61.8. The summed E-state index contributed by atoms with van der Waals surface area (Å²) < 4.78 is 24.6. The van der Waals surface area contributed by atoms with Crippen LogP contribution in [0.15, 0.2) is 0 Å². The molecule has 0 aliphatic heterocycles. The average Bonchev–Trinajstić information content (AvgIpc) is 3.62. The number of esters is 4. The van der Waals surface area contributed by atoms with Gasteiger partial charge >= 0.3 is 23.9 Å². The van der Waals surface area contributed by atoms with Crippen LogP contribution in [0.1, 0.15) is 376 Å². The lowest BCUT2D eigenvalue weighted by Gasteiger charge is -2.26. The molecule has 0 radical (unpaired) electrons. The molecule has 0 bridgehead atoms. The fourth-order valence-corrected chi connectivity index (χ4v) is 13.0. The third-order valence-electron chi connectivity index (χ3n) is 19.2. The molecule has 0 amide bonds. The summed E-state index contributed by atoms with van der Waals surface area (Å²) in [6.45, 7) is 25.3. The number of hydrogen-bond acceptors (Lipinski definition) is 11. The highest BCUT2D eigenvalue weighted by Crippen LogP contribution is 2.25. The Balaban J connectivity index is 6.18. The Morgan fingerprint density at radius 2 is 0.389 bits per heavy atom. The van der Waals surface area contributed by atoms with Crippen LogP contribution >= 0.6 is 0 Å². The Hall–Kier alpha value is -2.24. The van der Waals surface area contributed by atoms with Crippen molar-refractivity contribution in [3.05, 3.63) is 0 Å². The monoisotopic (exact) mass is 1270 g/mol. The normalized spacial score (nSPS) is 13.1. The Morgan fingerprint density at radius 3 is 0.578 bits per heavy atom. The zero-order valence-electron chi connectivity index (χ0n) is 61.8. The molecule has 90 heavy (non-hydrogen) atoms. The fourth-order valence-electron chi connectivity index (χ4n) is 13.0. The zero-order chi connectivity index (χ0) is 66.0. The predicted octanol–water partition coefficient (Wildman–Crippen LogP) is 21.8. The van der Waals surface area contributed by atoms with Gasteiger partial charge in [-0.3, -0.25) is 29.0 Å². The molecule has 11 heteroatoms. The molecule has 0 spiro atoms. The van der Waals surface area contributed by atoms with Gasteiger partial charge in [-0.25, -0.2) is 0 Å². The molecular weight excluding hydrogens is 1120 g/mol. The summed E-state index contributed by atoms with van der Waals surface area (Å²) in [7, 11) is 2.20. The van der Waals surface area contributed by atoms with Crippen LogP contribution in [-0.4, -0.2) is 124 Å². The third-order valence-corrected chi connectivity index (χ3v) is 19.2. The Morgan fingerprint density at radius 1 is 0.222 bits per heavy atom. The van der Waals surface area contributed by atoms with Gasteiger partial charge in [-0.1, -0.05) is 312 Å². The van der Waals surface area contributed by atoms with Crippen LogP contribution in [0.3, 0.4) is 0 Å². The second-order valence-corrected chi connectivity index (χ2v) is 27.8. The first kappa shape index (κ1) is 87.8. The van der Waals surface area contributed by atoms with Crippen molar-refractivity contribution in [1.29, 1.82) is 0 Å². The van der Waals surface area contributed by atoms with Crippen LogP contribution in [0.5, 0.6) is 0 Å². The first-order valence-corrected chi connectivity index (χ1v) is 39.8. The van der Waals surface area contributed by atoms with E-state index in [1.807, 2.05) is 0 Å². The van der Waals surface area contributed by atoms with E-state index in [0.717, 1.165) is 142 Å². The molecule has 4 unspecified atom stereocenters. The number of hydrogen-bond donors (Lipinski definition) is 0. The predicted molar refractivity (Wildman–Crippen MR) is 384 cm³/mol. The maximum Gasteiger partial charge on any atom is 0.308 e. The number of carbonyl (C=O) groups is 4. The number of unbranched alkanes of at least 4 members (excludes halogenated alkanes) is 32. The number of nitrogens with zero attached hydrogens (tertiary/aromatic N) is 3. The third kappa shape index (κ3) is 55.1. The van der Waals surface area contributed by atoms with Gasteiger partial charge < -0.3 is 23.8 Å². The minimum Gasteiger partial charge on any atom is -0.464 e. The molecule has 4 atom stereocenters. The van der Waals surface area contributed by atoms with Crippen LogP contribution in [0.2, 0.25) is 0 Å². The summed E-state index contributed by atoms with van der Waals surface area (Å²) in [5.74, 6) is -0.276.